The maximum absolute atomic E-state index is 13.1. The number of aryl methyl sites for hydroxylation is 4. The van der Waals surface area contributed by atoms with Gasteiger partial charge >= 0.3 is 0 Å². The number of benzene rings is 8. The van der Waals surface area contributed by atoms with Gasteiger partial charge in [0.25, 0.3) is 0 Å². The van der Waals surface area contributed by atoms with Crippen LogP contribution in [0.15, 0.2) is 121 Å². The van der Waals surface area contributed by atoms with E-state index in [-0.39, 0.29) is 33.2 Å². The van der Waals surface area contributed by atoms with Crippen LogP contribution in [0.5, 0.6) is 23.0 Å². The van der Waals surface area contributed by atoms with Crippen LogP contribution < -0.4 is 19.8 Å². The molecule has 444 valence electrons. The summed E-state index contributed by atoms with van der Waals surface area (Å²) in [7, 11) is -3.71. The first-order valence-electron chi connectivity index (χ1n) is 30.8. The van der Waals surface area contributed by atoms with Crippen LogP contribution in [0.4, 0.5) is 0 Å². The van der Waals surface area contributed by atoms with Crippen molar-refractivity contribution >= 4 is 70.1 Å². The summed E-state index contributed by atoms with van der Waals surface area (Å²) >= 11 is 0. The second kappa shape index (κ2) is 21.4. The number of nitrogens with zero attached hydrogens (tertiary/aromatic N) is 2. The van der Waals surface area contributed by atoms with Crippen LogP contribution in [-0.2, 0) is 21.7 Å². The molecule has 0 amide bonds. The Morgan fingerprint density at radius 1 is 0.365 bits per heavy atom. The number of ether oxygens (including phenoxy) is 2. The predicted molar refractivity (Wildman–Crippen MR) is 371 cm³/mol. The maximum atomic E-state index is 13.1. The quantitative estimate of drug-likeness (QED) is 0.0945. The van der Waals surface area contributed by atoms with Crippen molar-refractivity contribution in [3.63, 3.8) is 0 Å². The monoisotopic (exact) mass is 1170 g/mol. The molecule has 0 aliphatic rings. The second-order valence-corrected chi connectivity index (χ2v) is 41.0. The molecule has 6 nitrogen and oxygen atoms in total. The highest BCUT2D eigenvalue weighted by Crippen LogP contribution is 2.48. The number of phenols is 2. The van der Waals surface area contributed by atoms with Gasteiger partial charge in [0.1, 0.15) is 23.0 Å². The van der Waals surface area contributed by atoms with E-state index in [0.717, 1.165) is 111 Å². The number of fused-ring (bicyclic) bond motifs is 6. The lowest BCUT2D eigenvalue weighted by Gasteiger charge is -2.24. The molecular weight excluding hydrogens is 1070 g/mol. The van der Waals surface area contributed by atoms with Gasteiger partial charge in [0, 0.05) is 50.2 Å². The van der Waals surface area contributed by atoms with Gasteiger partial charge in [-0.05, 0) is 142 Å². The summed E-state index contributed by atoms with van der Waals surface area (Å²) in [6.07, 6.45) is 0.598. The summed E-state index contributed by atoms with van der Waals surface area (Å²) < 4.78 is 18.6. The fraction of sp³-hybridized carbons (Fsp3) is 0.377. The lowest BCUT2D eigenvalue weighted by Crippen LogP contribution is -2.37. The fourth-order valence-corrected chi connectivity index (χ4v) is 14.8. The summed E-state index contributed by atoms with van der Waals surface area (Å²) in [6, 6.07) is 45.1. The number of hydrogen-bond donors (Lipinski definition) is 2. The average molecular weight is 1170 g/mol. The lowest BCUT2D eigenvalue weighted by molar-refractivity contribution is 0.247. The second-order valence-electron chi connectivity index (χ2n) is 30.8. The number of rotatable bonds is 12. The Bertz CT molecular complexity index is 3860. The highest BCUT2D eigenvalue weighted by Gasteiger charge is 2.30. The Balaban J connectivity index is 1.04. The van der Waals surface area contributed by atoms with Crippen LogP contribution in [0.3, 0.4) is 0 Å². The standard InChI is InChI=1S/C77H94N2O4Si2/c1-46-34-60(70(80)68(36-46)78-64-40-50(74(5,6)7)24-28-56(64)57-29-25-51(41-65(57)78)75(8,9)10)62-44-54(84(17,18)19)38-48(3)72(62)82-32-23-33-83-73-49(4)39-55(85(20,21)22)45-63(73)61-35-47(2)37-69(71(61)81)79-66-42-52(76(11,12)13)26-30-58(66)59-31-27-53(43-67(59)79)77(14,15)16/h24-31,34-45,80-81H,23,32-33H2,1-22H3. The Labute approximate surface area is 509 Å². The van der Waals surface area contributed by atoms with Gasteiger partial charge in [-0.1, -0.05) is 206 Å². The minimum Gasteiger partial charge on any atom is -0.505 e. The SMILES string of the molecule is Cc1cc(-c2cc([Si](C)(C)C)cc(C)c2OCCCOc2c(C)cc([Si](C)(C)C)cc2-c2cc(C)cc(-n3c4cc(C(C)(C)C)ccc4c4ccc(C(C)(C)C)cc43)c2O)c(O)c(-n2c3cc(C(C)(C)C)ccc3c3ccc(C(C)(C)C)cc32)c1. The van der Waals surface area contributed by atoms with E-state index >= 15 is 0 Å². The molecule has 0 saturated heterocycles. The van der Waals surface area contributed by atoms with Crippen LogP contribution >= 0.6 is 0 Å². The molecule has 2 N–H and O–H groups in total. The van der Waals surface area contributed by atoms with Crippen molar-refractivity contribution in [2.45, 2.75) is 178 Å². The zero-order chi connectivity index (χ0) is 62.0. The van der Waals surface area contributed by atoms with E-state index in [1.165, 1.54) is 32.6 Å². The van der Waals surface area contributed by atoms with Crippen molar-refractivity contribution in [2.75, 3.05) is 13.2 Å². The molecule has 85 heavy (non-hydrogen) atoms. The number of aromatic nitrogens is 2. The number of hydrogen-bond acceptors (Lipinski definition) is 4. The Hall–Kier alpha value is -7.01. The van der Waals surface area contributed by atoms with Gasteiger partial charge in [0.05, 0.1) is 62.8 Å². The Kier molecular flexibility index (Phi) is 15.4. The molecule has 0 radical (unpaired) electrons. The maximum Gasteiger partial charge on any atom is 0.147 e. The summed E-state index contributed by atoms with van der Waals surface area (Å²) in [6.45, 7) is 50.7. The van der Waals surface area contributed by atoms with E-state index in [2.05, 4.69) is 281 Å². The molecule has 0 spiro atoms. The zero-order valence-corrected chi connectivity index (χ0v) is 57.3. The molecule has 10 rings (SSSR count). The number of aromatic hydroxyl groups is 2. The zero-order valence-electron chi connectivity index (χ0n) is 55.3. The summed E-state index contributed by atoms with van der Waals surface area (Å²) in [4.78, 5) is 0. The topological polar surface area (TPSA) is 68.8 Å². The van der Waals surface area contributed by atoms with Crippen LogP contribution in [0, 0.1) is 27.7 Å². The van der Waals surface area contributed by atoms with Crippen LogP contribution in [0.25, 0.3) is 77.2 Å². The molecule has 8 aromatic carbocycles. The molecule has 0 unspecified atom stereocenters. The van der Waals surface area contributed by atoms with Crippen molar-refractivity contribution in [3.8, 4) is 56.6 Å². The molecule has 2 heterocycles. The van der Waals surface area contributed by atoms with Crippen LogP contribution in [0.1, 0.15) is 134 Å². The van der Waals surface area contributed by atoms with Crippen LogP contribution in [0.2, 0.25) is 39.3 Å². The highest BCUT2D eigenvalue weighted by molar-refractivity contribution is 6.89. The molecule has 0 saturated carbocycles. The Morgan fingerprint density at radius 2 is 0.647 bits per heavy atom. The first kappa shape index (κ1) is 61.1. The largest absolute Gasteiger partial charge is 0.505 e. The minimum absolute atomic E-state index is 0.0743. The van der Waals surface area contributed by atoms with E-state index in [1.54, 1.807) is 0 Å². The van der Waals surface area contributed by atoms with Gasteiger partial charge in [-0.25, -0.2) is 0 Å². The fourth-order valence-electron chi connectivity index (χ4n) is 12.3. The van der Waals surface area contributed by atoms with Gasteiger partial charge in [0.2, 0.25) is 0 Å². The summed E-state index contributed by atoms with van der Waals surface area (Å²) in [5, 5.41) is 33.3. The van der Waals surface area contributed by atoms with E-state index in [0.29, 0.717) is 19.6 Å². The highest BCUT2D eigenvalue weighted by atomic mass is 28.3. The smallest absolute Gasteiger partial charge is 0.147 e. The van der Waals surface area contributed by atoms with Gasteiger partial charge in [0.15, 0.2) is 0 Å². The van der Waals surface area contributed by atoms with Crippen molar-refractivity contribution < 1.29 is 19.7 Å². The lowest BCUT2D eigenvalue weighted by atomic mass is 9.86. The van der Waals surface area contributed by atoms with E-state index in [4.69, 9.17) is 9.47 Å². The first-order chi connectivity index (χ1) is 39.4. The van der Waals surface area contributed by atoms with E-state index in [1.807, 2.05) is 0 Å². The first-order valence-corrected chi connectivity index (χ1v) is 37.8. The van der Waals surface area contributed by atoms with Crippen LogP contribution in [-0.4, -0.2) is 48.7 Å². The van der Waals surface area contributed by atoms with Gasteiger partial charge in [-0.2, -0.15) is 0 Å². The molecular formula is C77H94N2O4Si2. The molecule has 10 aromatic rings. The average Bonchev–Trinajstić information content (AvgIpc) is 3.31. The molecule has 8 heteroatoms. The van der Waals surface area contributed by atoms with Gasteiger partial charge in [-0.3, -0.25) is 0 Å². The van der Waals surface area contributed by atoms with Crippen molar-refractivity contribution in [1.29, 1.82) is 0 Å². The van der Waals surface area contributed by atoms with E-state index in [9.17, 15) is 10.2 Å². The van der Waals surface area contributed by atoms with E-state index < -0.39 is 16.1 Å². The Morgan fingerprint density at radius 3 is 0.906 bits per heavy atom. The van der Waals surface area contributed by atoms with Gasteiger partial charge in [-0.15, -0.1) is 0 Å². The molecule has 0 aliphatic heterocycles. The third-order valence-corrected chi connectivity index (χ3v) is 21.6. The third-order valence-electron chi connectivity index (χ3n) is 17.6. The number of phenolic OH excluding ortho intramolecular Hbond substituents is 2. The minimum atomic E-state index is -1.86. The normalized spacial score (nSPS) is 13.1. The molecule has 2 aromatic heterocycles. The molecule has 0 fully saturated rings. The molecule has 0 atom stereocenters. The van der Waals surface area contributed by atoms with Crippen molar-refractivity contribution in [3.05, 3.63) is 166 Å². The van der Waals surface area contributed by atoms with Crippen molar-refractivity contribution in [1.82, 2.24) is 9.13 Å². The van der Waals surface area contributed by atoms with Crippen molar-refractivity contribution in [2.24, 2.45) is 0 Å². The molecule has 0 bridgehead atoms. The molecule has 0 aliphatic carbocycles. The predicted octanol–water partition coefficient (Wildman–Crippen LogP) is 20.0. The summed E-state index contributed by atoms with van der Waals surface area (Å²) in [5.74, 6) is 1.98. The third kappa shape index (κ3) is 11.6. The summed E-state index contributed by atoms with van der Waals surface area (Å²) in [5.41, 5.74) is 17.9. The van der Waals surface area contributed by atoms with Gasteiger partial charge < -0.3 is 28.8 Å².